The summed E-state index contributed by atoms with van der Waals surface area (Å²) < 4.78 is 35.1. The number of nitrogens with zero attached hydrogens (tertiary/aromatic N) is 2. The molecule has 1 heterocycles. The van der Waals surface area contributed by atoms with E-state index in [9.17, 15) is 13.6 Å². The molecule has 1 aromatic carbocycles. The van der Waals surface area contributed by atoms with Gasteiger partial charge in [-0.15, -0.1) is 0 Å². The normalized spacial score (nSPS) is 19.2. The van der Waals surface area contributed by atoms with Gasteiger partial charge in [0.15, 0.2) is 11.5 Å². The Morgan fingerprint density at radius 3 is 2.64 bits per heavy atom. The Labute approximate surface area is 143 Å². The highest BCUT2D eigenvalue weighted by Crippen LogP contribution is 2.37. The molecule has 1 aromatic heterocycles. The molecule has 0 spiro atoms. The predicted octanol–water partition coefficient (Wildman–Crippen LogP) is 3.18. The second-order valence-corrected chi connectivity index (χ2v) is 5.85. The summed E-state index contributed by atoms with van der Waals surface area (Å²) in [5.41, 5.74) is 1.40. The topological polar surface area (TPSA) is 73.3 Å². The third-order valence-electron chi connectivity index (χ3n) is 3.90. The number of hydrogen-bond donors (Lipinski definition) is 1. The fourth-order valence-corrected chi connectivity index (χ4v) is 2.56. The first-order valence-electron chi connectivity index (χ1n) is 7.79. The number of amides is 1. The van der Waals surface area contributed by atoms with Gasteiger partial charge >= 0.3 is 6.61 Å². The van der Waals surface area contributed by atoms with Gasteiger partial charge in [0.2, 0.25) is 5.91 Å². The third kappa shape index (κ3) is 4.40. The highest BCUT2D eigenvalue weighted by Gasteiger charge is 2.36. The number of halogens is 2. The summed E-state index contributed by atoms with van der Waals surface area (Å²) >= 11 is 0. The Morgan fingerprint density at radius 2 is 1.96 bits per heavy atom. The fourth-order valence-electron chi connectivity index (χ4n) is 2.56. The van der Waals surface area contributed by atoms with Gasteiger partial charge in [-0.1, -0.05) is 6.07 Å². The van der Waals surface area contributed by atoms with E-state index < -0.39 is 6.61 Å². The quantitative estimate of drug-likeness (QED) is 0.867. The van der Waals surface area contributed by atoms with E-state index in [-0.39, 0.29) is 29.4 Å². The van der Waals surface area contributed by atoms with Crippen LogP contribution in [0.3, 0.4) is 0 Å². The van der Waals surface area contributed by atoms with Crippen LogP contribution in [0, 0.1) is 12.8 Å². The summed E-state index contributed by atoms with van der Waals surface area (Å²) in [7, 11) is 0. The molecule has 1 N–H and O–H groups in total. The van der Waals surface area contributed by atoms with Crippen molar-refractivity contribution in [1.82, 2.24) is 9.97 Å². The first-order chi connectivity index (χ1) is 12.0. The van der Waals surface area contributed by atoms with E-state index in [0.29, 0.717) is 18.5 Å². The molecule has 8 heteroatoms. The maximum Gasteiger partial charge on any atom is 0.387 e. The van der Waals surface area contributed by atoms with Crippen molar-refractivity contribution in [3.8, 4) is 11.5 Å². The van der Waals surface area contributed by atoms with E-state index in [2.05, 4.69) is 20.0 Å². The van der Waals surface area contributed by atoms with Crippen LogP contribution in [-0.2, 0) is 4.79 Å². The molecule has 0 bridgehead atoms. The molecule has 0 aliphatic heterocycles. The largest absolute Gasteiger partial charge is 0.486 e. The summed E-state index contributed by atoms with van der Waals surface area (Å²) in [4.78, 5) is 19.8. The van der Waals surface area contributed by atoms with Gasteiger partial charge in [-0.05, 0) is 37.5 Å². The van der Waals surface area contributed by atoms with E-state index in [1.165, 1.54) is 24.8 Å². The van der Waals surface area contributed by atoms with Gasteiger partial charge < -0.3 is 14.8 Å². The molecular formula is C17H17F2N3O3. The van der Waals surface area contributed by atoms with Crippen molar-refractivity contribution >= 4 is 11.6 Å². The lowest BCUT2D eigenvalue weighted by Crippen LogP contribution is -2.40. The summed E-state index contributed by atoms with van der Waals surface area (Å²) in [6.45, 7) is -1.09. The number of carbonyl (C=O) groups excluding carboxylic acids is 1. The lowest BCUT2D eigenvalue weighted by molar-refractivity contribution is -0.125. The fraction of sp³-hybridized carbons (Fsp3) is 0.353. The zero-order valence-corrected chi connectivity index (χ0v) is 13.5. The second kappa shape index (κ2) is 7.42. The average Bonchev–Trinajstić information content (AvgIpc) is 2.53. The third-order valence-corrected chi connectivity index (χ3v) is 3.90. The number of ether oxygens (including phenoxy) is 2. The van der Waals surface area contributed by atoms with Crippen molar-refractivity contribution in [1.29, 1.82) is 0 Å². The van der Waals surface area contributed by atoms with Crippen LogP contribution in [0.4, 0.5) is 14.5 Å². The highest BCUT2D eigenvalue weighted by molar-refractivity contribution is 5.92. The molecule has 1 fully saturated rings. The lowest BCUT2D eigenvalue weighted by atomic mass is 9.81. The minimum atomic E-state index is -2.92. The van der Waals surface area contributed by atoms with Gasteiger partial charge in [-0.2, -0.15) is 8.78 Å². The van der Waals surface area contributed by atoms with E-state index >= 15 is 0 Å². The number of hydrogen-bond acceptors (Lipinski definition) is 5. The first kappa shape index (κ1) is 17.1. The molecule has 132 valence electrons. The molecule has 2 aromatic rings. The van der Waals surface area contributed by atoms with Crippen molar-refractivity contribution in [2.45, 2.75) is 32.5 Å². The van der Waals surface area contributed by atoms with Crippen LogP contribution >= 0.6 is 0 Å². The van der Waals surface area contributed by atoms with E-state index in [0.717, 1.165) is 5.56 Å². The lowest BCUT2D eigenvalue weighted by Gasteiger charge is -2.34. The van der Waals surface area contributed by atoms with Crippen molar-refractivity contribution in [3.63, 3.8) is 0 Å². The second-order valence-electron chi connectivity index (χ2n) is 5.85. The van der Waals surface area contributed by atoms with E-state index in [1.807, 2.05) is 6.92 Å². The van der Waals surface area contributed by atoms with Gasteiger partial charge in [-0.25, -0.2) is 9.97 Å². The molecule has 1 saturated carbocycles. The number of benzene rings is 1. The number of aryl methyl sites for hydroxylation is 1. The molecule has 0 radical (unpaired) electrons. The van der Waals surface area contributed by atoms with E-state index in [4.69, 9.17) is 4.74 Å². The van der Waals surface area contributed by atoms with E-state index in [1.54, 1.807) is 12.1 Å². The van der Waals surface area contributed by atoms with Crippen LogP contribution in [0.5, 0.6) is 11.5 Å². The minimum Gasteiger partial charge on any atom is -0.486 e. The SMILES string of the molecule is Cc1ccc(OC(F)F)c(OC2CC(C(=O)Nc3cncnc3)C2)c1. The molecule has 25 heavy (non-hydrogen) atoms. The van der Waals surface area contributed by atoms with Crippen LogP contribution in [0.1, 0.15) is 18.4 Å². The van der Waals surface area contributed by atoms with Crippen LogP contribution in [0.25, 0.3) is 0 Å². The Morgan fingerprint density at radius 1 is 1.24 bits per heavy atom. The summed E-state index contributed by atoms with van der Waals surface area (Å²) in [5, 5.41) is 2.73. The van der Waals surface area contributed by atoms with Gasteiger partial charge in [0.1, 0.15) is 12.4 Å². The van der Waals surface area contributed by atoms with Crippen molar-refractivity contribution in [2.24, 2.45) is 5.92 Å². The number of rotatable bonds is 6. The maximum atomic E-state index is 12.5. The number of carbonyl (C=O) groups is 1. The molecule has 3 rings (SSSR count). The maximum absolute atomic E-state index is 12.5. The van der Waals surface area contributed by atoms with Crippen molar-refractivity contribution < 1.29 is 23.0 Å². The number of alkyl halides is 2. The molecular weight excluding hydrogens is 332 g/mol. The Bertz CT molecular complexity index is 737. The molecule has 0 unspecified atom stereocenters. The molecule has 6 nitrogen and oxygen atoms in total. The summed E-state index contributed by atoms with van der Waals surface area (Å²) in [6, 6.07) is 4.77. The molecule has 1 aliphatic rings. The first-order valence-corrected chi connectivity index (χ1v) is 7.79. The molecule has 0 atom stereocenters. The number of nitrogens with one attached hydrogen (secondary N) is 1. The van der Waals surface area contributed by atoms with Crippen molar-refractivity contribution in [2.75, 3.05) is 5.32 Å². The number of anilines is 1. The predicted molar refractivity (Wildman–Crippen MR) is 85.6 cm³/mol. The standard InChI is InChI=1S/C17H17F2N3O3/c1-10-2-3-14(25-17(18)19)15(4-10)24-13-5-11(6-13)16(23)22-12-7-20-9-21-8-12/h2-4,7-9,11,13,17H,5-6H2,1H3,(H,22,23). The van der Waals surface area contributed by atoms with Crippen LogP contribution in [0.2, 0.25) is 0 Å². The monoisotopic (exact) mass is 349 g/mol. The number of aromatic nitrogens is 2. The zero-order chi connectivity index (χ0) is 17.8. The zero-order valence-electron chi connectivity index (χ0n) is 13.5. The summed E-state index contributed by atoms with van der Waals surface area (Å²) in [5.74, 6) is -0.0759. The van der Waals surface area contributed by atoms with Crippen molar-refractivity contribution in [3.05, 3.63) is 42.5 Å². The smallest absolute Gasteiger partial charge is 0.387 e. The van der Waals surface area contributed by atoms with Gasteiger partial charge in [0, 0.05) is 5.92 Å². The van der Waals surface area contributed by atoms with Crippen LogP contribution in [-0.4, -0.2) is 28.6 Å². The molecule has 0 saturated heterocycles. The summed E-state index contributed by atoms with van der Waals surface area (Å²) in [6.07, 6.45) is 5.19. The Balaban J connectivity index is 1.55. The van der Waals surface area contributed by atoms with Crippen LogP contribution < -0.4 is 14.8 Å². The Hall–Kier alpha value is -2.77. The molecule has 1 aliphatic carbocycles. The van der Waals surface area contributed by atoms with Gasteiger partial charge in [-0.3, -0.25) is 4.79 Å². The Kier molecular flexibility index (Phi) is 5.06. The van der Waals surface area contributed by atoms with Gasteiger partial charge in [0.25, 0.3) is 0 Å². The highest BCUT2D eigenvalue weighted by atomic mass is 19.3. The van der Waals surface area contributed by atoms with Crippen LogP contribution in [0.15, 0.2) is 36.9 Å². The molecule has 1 amide bonds. The van der Waals surface area contributed by atoms with Gasteiger partial charge in [0.05, 0.1) is 18.1 Å². The minimum absolute atomic E-state index is 0.00469. The average molecular weight is 349 g/mol.